The van der Waals surface area contributed by atoms with E-state index < -0.39 is 6.36 Å². The van der Waals surface area contributed by atoms with E-state index in [1.807, 2.05) is 6.29 Å². The third-order valence-corrected chi connectivity index (χ3v) is 2.40. The van der Waals surface area contributed by atoms with E-state index in [1.165, 1.54) is 12.1 Å². The van der Waals surface area contributed by atoms with Crippen molar-refractivity contribution < 1.29 is 22.7 Å². The number of rotatable bonds is 7. The van der Waals surface area contributed by atoms with E-state index in [9.17, 15) is 18.0 Å². The molecule has 1 radical (unpaired) electrons. The van der Waals surface area contributed by atoms with E-state index in [0.29, 0.717) is 6.42 Å². The summed E-state index contributed by atoms with van der Waals surface area (Å²) >= 11 is 0. The lowest BCUT2D eigenvalue weighted by molar-refractivity contribution is -0.274. The number of carbonyl (C=O) groups excluding carboxylic acids is 1. The number of hydrogen-bond donors (Lipinski definition) is 0. The number of hydrogen-bond acceptors (Lipinski definition) is 2. The molecule has 0 aliphatic carbocycles. The molecule has 1 aromatic rings. The van der Waals surface area contributed by atoms with Gasteiger partial charge in [-0.05, 0) is 37.0 Å². The zero-order chi connectivity index (χ0) is 13.4. The van der Waals surface area contributed by atoms with E-state index in [2.05, 4.69) is 4.74 Å². The Morgan fingerprint density at radius 2 is 1.72 bits per heavy atom. The summed E-state index contributed by atoms with van der Waals surface area (Å²) < 4.78 is 39.5. The third kappa shape index (κ3) is 6.27. The van der Waals surface area contributed by atoms with Gasteiger partial charge in [0.25, 0.3) is 0 Å². The molecule has 1 rings (SSSR count). The quantitative estimate of drug-likeness (QED) is 0.696. The van der Waals surface area contributed by atoms with Gasteiger partial charge in [-0.3, -0.25) is 4.79 Å². The second-order valence-electron chi connectivity index (χ2n) is 3.90. The highest BCUT2D eigenvalue weighted by Crippen LogP contribution is 2.23. The molecular weight excluding hydrogens is 245 g/mol. The zero-order valence-corrected chi connectivity index (χ0v) is 9.80. The van der Waals surface area contributed by atoms with Gasteiger partial charge in [0.15, 0.2) is 6.29 Å². The second-order valence-corrected chi connectivity index (χ2v) is 3.90. The number of ether oxygens (including phenoxy) is 1. The molecule has 0 atom stereocenters. The van der Waals surface area contributed by atoms with Gasteiger partial charge in [0, 0.05) is 6.42 Å². The molecular formula is C13H14F3O2. The van der Waals surface area contributed by atoms with E-state index in [-0.39, 0.29) is 5.75 Å². The highest BCUT2D eigenvalue weighted by Gasteiger charge is 2.30. The highest BCUT2D eigenvalue weighted by molar-refractivity contribution is 5.50. The summed E-state index contributed by atoms with van der Waals surface area (Å²) in [5, 5.41) is 0. The Bertz CT molecular complexity index is 357. The summed E-state index contributed by atoms with van der Waals surface area (Å²) in [7, 11) is 0. The van der Waals surface area contributed by atoms with E-state index in [0.717, 1.165) is 31.2 Å². The molecule has 0 bridgehead atoms. The maximum absolute atomic E-state index is 11.9. The average molecular weight is 259 g/mol. The van der Waals surface area contributed by atoms with Crippen LogP contribution in [0.15, 0.2) is 24.3 Å². The molecule has 18 heavy (non-hydrogen) atoms. The number of benzene rings is 1. The van der Waals surface area contributed by atoms with Crippen molar-refractivity contribution in [2.24, 2.45) is 0 Å². The van der Waals surface area contributed by atoms with Gasteiger partial charge in [0.05, 0.1) is 0 Å². The molecule has 1 aromatic carbocycles. The fourth-order valence-corrected chi connectivity index (χ4v) is 1.56. The molecule has 0 fully saturated rings. The molecule has 0 N–H and O–H groups in total. The zero-order valence-electron chi connectivity index (χ0n) is 9.80. The van der Waals surface area contributed by atoms with Crippen LogP contribution in [0.2, 0.25) is 0 Å². The van der Waals surface area contributed by atoms with Crippen LogP contribution in [0.5, 0.6) is 5.75 Å². The SMILES string of the molecule is O=[C]CCCCCc1ccc(OC(F)(F)F)cc1. The predicted molar refractivity (Wildman–Crippen MR) is 61.0 cm³/mol. The third-order valence-electron chi connectivity index (χ3n) is 2.40. The lowest BCUT2D eigenvalue weighted by Gasteiger charge is -2.09. The first-order chi connectivity index (χ1) is 8.51. The minimum Gasteiger partial charge on any atom is -0.406 e. The molecule has 2 nitrogen and oxygen atoms in total. The Morgan fingerprint density at radius 3 is 2.28 bits per heavy atom. The smallest absolute Gasteiger partial charge is 0.406 e. The van der Waals surface area contributed by atoms with Gasteiger partial charge in [0.2, 0.25) is 0 Å². The predicted octanol–water partition coefficient (Wildman–Crippen LogP) is 3.80. The summed E-state index contributed by atoms with van der Waals surface area (Å²) in [6, 6.07) is 5.85. The highest BCUT2D eigenvalue weighted by atomic mass is 19.4. The fraction of sp³-hybridized carbons (Fsp3) is 0.462. The van der Waals surface area contributed by atoms with Gasteiger partial charge in [0.1, 0.15) is 5.75 Å². The van der Waals surface area contributed by atoms with E-state index in [1.54, 1.807) is 12.1 Å². The van der Waals surface area contributed by atoms with Crippen molar-refractivity contribution in [2.75, 3.05) is 0 Å². The fourth-order valence-electron chi connectivity index (χ4n) is 1.56. The number of halogens is 3. The van der Waals surface area contributed by atoms with Crippen LogP contribution in [-0.4, -0.2) is 12.6 Å². The van der Waals surface area contributed by atoms with Crippen LogP contribution in [-0.2, 0) is 11.2 Å². The van der Waals surface area contributed by atoms with Gasteiger partial charge in [-0.25, -0.2) is 0 Å². The topological polar surface area (TPSA) is 26.3 Å². The van der Waals surface area contributed by atoms with Crippen LogP contribution in [0, 0.1) is 0 Å². The summed E-state index contributed by atoms with van der Waals surface area (Å²) in [4.78, 5) is 9.96. The molecule has 0 heterocycles. The van der Waals surface area contributed by atoms with Gasteiger partial charge >= 0.3 is 6.36 Å². The van der Waals surface area contributed by atoms with Crippen molar-refractivity contribution in [3.63, 3.8) is 0 Å². The normalized spacial score (nSPS) is 11.3. The molecule has 0 amide bonds. The maximum Gasteiger partial charge on any atom is 0.573 e. The number of aryl methyl sites for hydroxylation is 1. The Balaban J connectivity index is 2.34. The van der Waals surface area contributed by atoms with Crippen molar-refractivity contribution in [1.29, 1.82) is 0 Å². The number of unbranched alkanes of at least 4 members (excludes halogenated alkanes) is 3. The van der Waals surface area contributed by atoms with Crippen molar-refractivity contribution >= 4 is 6.29 Å². The lowest BCUT2D eigenvalue weighted by Crippen LogP contribution is -2.17. The van der Waals surface area contributed by atoms with Crippen LogP contribution in [0.4, 0.5) is 13.2 Å². The molecule has 0 aliphatic rings. The van der Waals surface area contributed by atoms with Gasteiger partial charge < -0.3 is 4.74 Å². The van der Waals surface area contributed by atoms with Crippen molar-refractivity contribution in [3.8, 4) is 5.75 Å². The lowest BCUT2D eigenvalue weighted by atomic mass is 10.1. The van der Waals surface area contributed by atoms with Crippen LogP contribution < -0.4 is 4.74 Å². The molecule has 0 saturated heterocycles. The molecule has 99 valence electrons. The molecule has 0 unspecified atom stereocenters. The maximum atomic E-state index is 11.9. The van der Waals surface area contributed by atoms with E-state index >= 15 is 0 Å². The van der Waals surface area contributed by atoms with Gasteiger partial charge in [-0.2, -0.15) is 0 Å². The first-order valence-corrected chi connectivity index (χ1v) is 5.71. The van der Waals surface area contributed by atoms with Crippen molar-refractivity contribution in [1.82, 2.24) is 0 Å². The Kier molecular flexibility index (Phi) is 5.68. The van der Waals surface area contributed by atoms with Gasteiger partial charge in [-0.15, -0.1) is 13.2 Å². The van der Waals surface area contributed by atoms with E-state index in [4.69, 9.17) is 0 Å². The summed E-state index contributed by atoms with van der Waals surface area (Å²) in [5.41, 5.74) is 0.958. The molecule has 0 aliphatic heterocycles. The van der Waals surface area contributed by atoms with Crippen LogP contribution in [0.3, 0.4) is 0 Å². The molecule has 0 aromatic heterocycles. The summed E-state index contributed by atoms with van der Waals surface area (Å²) in [6.45, 7) is 0. The standard InChI is InChI=1S/C13H14F3O2/c14-13(15,16)18-12-8-6-11(7-9-12)5-3-1-2-4-10-17/h6-9H,1-5H2. The molecule has 0 spiro atoms. The molecule has 0 saturated carbocycles. The largest absolute Gasteiger partial charge is 0.573 e. The van der Waals surface area contributed by atoms with Crippen molar-refractivity contribution in [3.05, 3.63) is 29.8 Å². The summed E-state index contributed by atoms with van der Waals surface area (Å²) in [6.07, 6.45) is 1.02. The summed E-state index contributed by atoms with van der Waals surface area (Å²) in [5.74, 6) is -0.207. The Morgan fingerprint density at radius 1 is 1.06 bits per heavy atom. The molecule has 5 heteroatoms. The first-order valence-electron chi connectivity index (χ1n) is 5.71. The van der Waals surface area contributed by atoms with Crippen LogP contribution in [0.25, 0.3) is 0 Å². The van der Waals surface area contributed by atoms with Crippen LogP contribution in [0.1, 0.15) is 31.2 Å². The minimum absolute atomic E-state index is 0.207. The Hall–Kier alpha value is -1.52. The Labute approximate surface area is 104 Å². The van der Waals surface area contributed by atoms with Crippen molar-refractivity contribution in [2.45, 2.75) is 38.5 Å². The van der Waals surface area contributed by atoms with Gasteiger partial charge in [-0.1, -0.05) is 18.6 Å². The monoisotopic (exact) mass is 259 g/mol. The first kappa shape index (κ1) is 14.5. The number of alkyl halides is 3. The van der Waals surface area contributed by atoms with Crippen LogP contribution >= 0.6 is 0 Å². The second kappa shape index (κ2) is 7.03. The minimum atomic E-state index is -4.65. The average Bonchev–Trinajstić information content (AvgIpc) is 2.29.